The molecule has 4 rings (SSSR count). The zero-order chi connectivity index (χ0) is 21.1. The van der Waals surface area contributed by atoms with Crippen molar-refractivity contribution in [2.45, 2.75) is 20.0 Å². The molecule has 0 bridgehead atoms. The van der Waals surface area contributed by atoms with Gasteiger partial charge in [0.15, 0.2) is 6.17 Å². The first-order valence-electron chi connectivity index (χ1n) is 9.72. The summed E-state index contributed by atoms with van der Waals surface area (Å²) < 4.78 is 5.51. The maximum absolute atomic E-state index is 13.2. The second-order valence-electron chi connectivity index (χ2n) is 6.84. The van der Waals surface area contributed by atoms with Gasteiger partial charge in [0, 0.05) is 30.2 Å². The van der Waals surface area contributed by atoms with Crippen LogP contribution in [0.1, 0.15) is 36.1 Å². The predicted molar refractivity (Wildman–Crippen MR) is 116 cm³/mol. The number of anilines is 3. The molecule has 1 atom stereocenters. The summed E-state index contributed by atoms with van der Waals surface area (Å²) in [6, 6.07) is 18.3. The number of benzene rings is 2. The van der Waals surface area contributed by atoms with Crippen molar-refractivity contribution < 1.29 is 14.3 Å². The van der Waals surface area contributed by atoms with E-state index in [9.17, 15) is 9.59 Å². The standard InChI is InChI=1S/C23H22N4O3/c1-3-30-19-12-10-18(11-13-19)27-22(21-20(23(27)29)5-4-14-24-21)26-17-8-6-16(7-9-17)25-15(2)28/h4-14,22,26H,3H2,1-2H3,(H,25,28)/t22-/m1/s1. The number of carbonyl (C=O) groups is 2. The highest BCUT2D eigenvalue weighted by Crippen LogP contribution is 2.37. The third-order valence-corrected chi connectivity index (χ3v) is 4.74. The van der Waals surface area contributed by atoms with E-state index < -0.39 is 6.17 Å². The van der Waals surface area contributed by atoms with Crippen molar-refractivity contribution in [1.29, 1.82) is 0 Å². The van der Waals surface area contributed by atoms with Crippen LogP contribution in [0, 0.1) is 0 Å². The molecule has 2 amide bonds. The summed E-state index contributed by atoms with van der Waals surface area (Å²) in [7, 11) is 0. The zero-order valence-electron chi connectivity index (χ0n) is 16.8. The van der Waals surface area contributed by atoms with Crippen LogP contribution in [-0.2, 0) is 4.79 Å². The van der Waals surface area contributed by atoms with Gasteiger partial charge in [-0.2, -0.15) is 0 Å². The number of rotatable bonds is 6. The number of pyridine rings is 1. The molecule has 0 saturated heterocycles. The van der Waals surface area contributed by atoms with Crippen LogP contribution in [0.5, 0.6) is 5.75 Å². The summed E-state index contributed by atoms with van der Waals surface area (Å²) in [6.45, 7) is 3.97. The molecule has 0 unspecified atom stereocenters. The molecule has 0 saturated carbocycles. The molecule has 3 aromatic rings. The van der Waals surface area contributed by atoms with E-state index >= 15 is 0 Å². The Morgan fingerprint density at radius 3 is 2.43 bits per heavy atom. The lowest BCUT2D eigenvalue weighted by Crippen LogP contribution is -2.32. The summed E-state index contributed by atoms with van der Waals surface area (Å²) in [5.74, 6) is 0.508. The van der Waals surface area contributed by atoms with Gasteiger partial charge in [0.2, 0.25) is 5.91 Å². The van der Waals surface area contributed by atoms with E-state index in [0.717, 1.165) is 17.1 Å². The summed E-state index contributed by atoms with van der Waals surface area (Å²) in [5.41, 5.74) is 3.49. The first kappa shape index (κ1) is 19.4. The van der Waals surface area contributed by atoms with Crippen molar-refractivity contribution in [2.75, 3.05) is 22.1 Å². The lowest BCUT2D eigenvalue weighted by molar-refractivity contribution is -0.114. The van der Waals surface area contributed by atoms with Crippen LogP contribution in [0.15, 0.2) is 66.9 Å². The maximum atomic E-state index is 13.2. The zero-order valence-corrected chi connectivity index (χ0v) is 16.8. The fraction of sp³-hybridized carbons (Fsp3) is 0.174. The molecule has 0 aliphatic carbocycles. The van der Waals surface area contributed by atoms with Gasteiger partial charge in [0.05, 0.1) is 17.9 Å². The Kier molecular flexibility index (Phi) is 5.34. The topological polar surface area (TPSA) is 83.6 Å². The molecule has 0 spiro atoms. The van der Waals surface area contributed by atoms with Gasteiger partial charge < -0.3 is 15.4 Å². The Morgan fingerprint density at radius 2 is 1.77 bits per heavy atom. The second-order valence-corrected chi connectivity index (χ2v) is 6.84. The maximum Gasteiger partial charge on any atom is 0.262 e. The van der Waals surface area contributed by atoms with E-state index in [2.05, 4.69) is 15.6 Å². The Morgan fingerprint density at radius 1 is 1.07 bits per heavy atom. The number of carbonyl (C=O) groups excluding carboxylic acids is 2. The first-order chi connectivity index (χ1) is 14.6. The van der Waals surface area contributed by atoms with Gasteiger partial charge in [-0.1, -0.05) is 0 Å². The van der Waals surface area contributed by atoms with Gasteiger partial charge in [0.1, 0.15) is 5.75 Å². The minimum absolute atomic E-state index is 0.116. The summed E-state index contributed by atoms with van der Waals surface area (Å²) in [6.07, 6.45) is 1.22. The summed E-state index contributed by atoms with van der Waals surface area (Å²) >= 11 is 0. The van der Waals surface area contributed by atoms with Crippen molar-refractivity contribution in [2.24, 2.45) is 0 Å². The van der Waals surface area contributed by atoms with Gasteiger partial charge >= 0.3 is 0 Å². The van der Waals surface area contributed by atoms with E-state index in [-0.39, 0.29) is 11.8 Å². The smallest absolute Gasteiger partial charge is 0.262 e. The van der Waals surface area contributed by atoms with Gasteiger partial charge in [-0.05, 0) is 67.6 Å². The molecule has 2 heterocycles. The normalized spacial score (nSPS) is 14.9. The molecule has 0 radical (unpaired) electrons. The third-order valence-electron chi connectivity index (χ3n) is 4.74. The lowest BCUT2D eigenvalue weighted by Gasteiger charge is -2.26. The van der Waals surface area contributed by atoms with Crippen LogP contribution < -0.4 is 20.3 Å². The average Bonchev–Trinajstić information content (AvgIpc) is 3.02. The number of nitrogens with one attached hydrogen (secondary N) is 2. The van der Waals surface area contributed by atoms with Crippen molar-refractivity contribution >= 4 is 28.9 Å². The number of ether oxygens (including phenoxy) is 1. The highest BCUT2D eigenvalue weighted by Gasteiger charge is 2.39. The quantitative estimate of drug-likeness (QED) is 0.645. The van der Waals surface area contributed by atoms with Gasteiger partial charge in [-0.3, -0.25) is 19.5 Å². The molecule has 1 aliphatic heterocycles. The van der Waals surface area contributed by atoms with Gasteiger partial charge in [-0.25, -0.2) is 0 Å². The third kappa shape index (κ3) is 3.82. The molecule has 7 heteroatoms. The minimum atomic E-state index is -0.460. The highest BCUT2D eigenvalue weighted by molar-refractivity contribution is 6.11. The van der Waals surface area contributed by atoms with Crippen molar-refractivity contribution in [3.8, 4) is 5.75 Å². The molecule has 0 fully saturated rings. The monoisotopic (exact) mass is 402 g/mol. The minimum Gasteiger partial charge on any atom is -0.494 e. The van der Waals surface area contributed by atoms with E-state index in [0.29, 0.717) is 23.6 Å². The molecule has 2 aromatic carbocycles. The van der Waals surface area contributed by atoms with E-state index in [1.165, 1.54) is 6.92 Å². The van der Waals surface area contributed by atoms with E-state index in [1.807, 2.05) is 43.3 Å². The number of fused-ring (bicyclic) bond motifs is 1. The van der Waals surface area contributed by atoms with Gasteiger partial charge in [-0.15, -0.1) is 0 Å². The van der Waals surface area contributed by atoms with Crippen LogP contribution >= 0.6 is 0 Å². The van der Waals surface area contributed by atoms with E-state index in [4.69, 9.17) is 4.74 Å². The largest absolute Gasteiger partial charge is 0.494 e. The fourth-order valence-electron chi connectivity index (χ4n) is 3.47. The first-order valence-corrected chi connectivity index (χ1v) is 9.72. The Hall–Kier alpha value is -3.87. The number of nitrogens with zero attached hydrogens (tertiary/aromatic N) is 2. The molecular weight excluding hydrogens is 380 g/mol. The van der Waals surface area contributed by atoms with Crippen LogP contribution in [0.25, 0.3) is 0 Å². The van der Waals surface area contributed by atoms with Crippen LogP contribution in [0.3, 0.4) is 0 Å². The molecule has 7 nitrogen and oxygen atoms in total. The molecule has 30 heavy (non-hydrogen) atoms. The SMILES string of the molecule is CCOc1ccc(N2C(=O)c3cccnc3[C@@H]2Nc2ccc(NC(C)=O)cc2)cc1. The van der Waals surface area contributed by atoms with Gasteiger partial charge in [0.25, 0.3) is 5.91 Å². The number of hydrogen-bond acceptors (Lipinski definition) is 5. The predicted octanol–water partition coefficient (Wildman–Crippen LogP) is 4.21. The molecule has 1 aromatic heterocycles. The lowest BCUT2D eigenvalue weighted by atomic mass is 10.2. The van der Waals surface area contributed by atoms with Crippen LogP contribution in [0.4, 0.5) is 17.1 Å². The fourth-order valence-corrected chi connectivity index (χ4v) is 3.47. The van der Waals surface area contributed by atoms with Crippen molar-refractivity contribution in [1.82, 2.24) is 4.98 Å². The Balaban J connectivity index is 1.65. The highest BCUT2D eigenvalue weighted by atomic mass is 16.5. The number of amides is 2. The van der Waals surface area contributed by atoms with Crippen LogP contribution in [0.2, 0.25) is 0 Å². The van der Waals surface area contributed by atoms with Crippen molar-refractivity contribution in [3.63, 3.8) is 0 Å². The van der Waals surface area contributed by atoms with E-state index in [1.54, 1.807) is 35.4 Å². The Bertz CT molecular complexity index is 1060. The molecular formula is C23H22N4O3. The average molecular weight is 402 g/mol. The summed E-state index contributed by atoms with van der Waals surface area (Å²) in [4.78, 5) is 30.5. The molecule has 152 valence electrons. The summed E-state index contributed by atoms with van der Waals surface area (Å²) in [5, 5.41) is 6.14. The van der Waals surface area contributed by atoms with Crippen molar-refractivity contribution in [3.05, 3.63) is 78.1 Å². The number of aromatic nitrogens is 1. The van der Waals surface area contributed by atoms with Crippen LogP contribution in [-0.4, -0.2) is 23.4 Å². The second kappa shape index (κ2) is 8.24. The number of hydrogen-bond donors (Lipinski definition) is 2. The molecule has 2 N–H and O–H groups in total. The molecule has 1 aliphatic rings. The Labute approximate surface area is 174 Å².